The number of benzene rings is 1. The lowest BCUT2D eigenvalue weighted by Gasteiger charge is -2.22. The Bertz CT molecular complexity index is 410. The van der Waals surface area contributed by atoms with Gasteiger partial charge < -0.3 is 10.4 Å². The lowest BCUT2D eigenvalue weighted by atomic mass is 10.0. The van der Waals surface area contributed by atoms with Gasteiger partial charge in [0, 0.05) is 12.1 Å². The molecule has 0 spiro atoms. The summed E-state index contributed by atoms with van der Waals surface area (Å²) >= 11 is 0. The molecule has 1 rings (SSSR count). The van der Waals surface area contributed by atoms with Gasteiger partial charge in [-0.15, -0.1) is 0 Å². The fourth-order valence-electron chi connectivity index (χ4n) is 1.87. The Hall–Kier alpha value is -1.42. The predicted molar refractivity (Wildman–Crippen MR) is 69.0 cm³/mol. The smallest absolute Gasteiger partial charge is 0.251 e. The SMILES string of the molecule is CCCC(C)(O)CNC(=O)c1cc(C)cc(F)c1. The quantitative estimate of drug-likeness (QED) is 0.846. The van der Waals surface area contributed by atoms with Gasteiger partial charge in [-0.25, -0.2) is 4.39 Å². The third kappa shape index (κ3) is 4.45. The highest BCUT2D eigenvalue weighted by molar-refractivity contribution is 5.94. The van der Waals surface area contributed by atoms with Gasteiger partial charge in [0.25, 0.3) is 5.91 Å². The molecular formula is C14H20FNO2. The van der Waals surface area contributed by atoms with Gasteiger partial charge in [0.15, 0.2) is 0 Å². The molecule has 0 saturated heterocycles. The average molecular weight is 253 g/mol. The molecule has 0 fully saturated rings. The van der Waals surface area contributed by atoms with Crippen LogP contribution in [0.3, 0.4) is 0 Å². The number of hydrogen-bond donors (Lipinski definition) is 2. The second-order valence-corrected chi connectivity index (χ2v) is 4.95. The van der Waals surface area contributed by atoms with Crippen LogP contribution in [0.5, 0.6) is 0 Å². The lowest BCUT2D eigenvalue weighted by Crippen LogP contribution is -2.40. The van der Waals surface area contributed by atoms with Crippen molar-refractivity contribution < 1.29 is 14.3 Å². The molecule has 4 heteroatoms. The summed E-state index contributed by atoms with van der Waals surface area (Å²) in [6.45, 7) is 5.53. The maximum absolute atomic E-state index is 13.2. The standard InChI is InChI=1S/C14H20FNO2/c1-4-5-14(3,18)9-16-13(17)11-6-10(2)7-12(15)8-11/h6-8,18H,4-5,9H2,1-3H3,(H,16,17). The van der Waals surface area contributed by atoms with Crippen LogP contribution in [0.4, 0.5) is 4.39 Å². The second-order valence-electron chi connectivity index (χ2n) is 4.95. The molecule has 0 aliphatic heterocycles. The third-order valence-electron chi connectivity index (χ3n) is 2.72. The third-order valence-corrected chi connectivity index (χ3v) is 2.72. The Labute approximate surface area is 107 Å². The molecule has 1 aromatic rings. The molecule has 0 bridgehead atoms. The van der Waals surface area contributed by atoms with E-state index in [-0.39, 0.29) is 18.0 Å². The molecule has 0 radical (unpaired) electrons. The lowest BCUT2D eigenvalue weighted by molar-refractivity contribution is 0.0469. The molecule has 0 aliphatic carbocycles. The van der Waals surface area contributed by atoms with Crippen LogP contribution in [0.25, 0.3) is 0 Å². The highest BCUT2D eigenvalue weighted by atomic mass is 19.1. The number of rotatable bonds is 5. The van der Waals surface area contributed by atoms with E-state index in [0.29, 0.717) is 12.0 Å². The van der Waals surface area contributed by atoms with Gasteiger partial charge in [-0.2, -0.15) is 0 Å². The monoisotopic (exact) mass is 253 g/mol. The van der Waals surface area contributed by atoms with Gasteiger partial charge in [0.2, 0.25) is 0 Å². The van der Waals surface area contributed by atoms with Crippen LogP contribution in [0, 0.1) is 12.7 Å². The molecule has 0 saturated carbocycles. The van der Waals surface area contributed by atoms with E-state index in [4.69, 9.17) is 0 Å². The van der Waals surface area contributed by atoms with Gasteiger partial charge in [0.1, 0.15) is 5.82 Å². The van der Waals surface area contributed by atoms with Crippen LogP contribution < -0.4 is 5.32 Å². The maximum Gasteiger partial charge on any atom is 0.251 e. The van der Waals surface area contributed by atoms with E-state index >= 15 is 0 Å². The van der Waals surface area contributed by atoms with E-state index in [9.17, 15) is 14.3 Å². The number of hydrogen-bond acceptors (Lipinski definition) is 2. The van der Waals surface area contributed by atoms with E-state index in [2.05, 4.69) is 5.32 Å². The summed E-state index contributed by atoms with van der Waals surface area (Å²) < 4.78 is 13.2. The largest absolute Gasteiger partial charge is 0.388 e. The Kier molecular flexibility index (Phi) is 4.84. The molecule has 1 aromatic carbocycles. The minimum atomic E-state index is -0.924. The highest BCUT2D eigenvalue weighted by Crippen LogP contribution is 2.12. The van der Waals surface area contributed by atoms with Gasteiger partial charge in [0.05, 0.1) is 5.60 Å². The van der Waals surface area contributed by atoms with Crippen molar-refractivity contribution in [1.82, 2.24) is 5.32 Å². The summed E-state index contributed by atoms with van der Waals surface area (Å²) in [6, 6.07) is 4.17. The van der Waals surface area contributed by atoms with Crippen LogP contribution in [-0.4, -0.2) is 23.2 Å². The van der Waals surface area contributed by atoms with Crippen LogP contribution in [0.15, 0.2) is 18.2 Å². The highest BCUT2D eigenvalue weighted by Gasteiger charge is 2.20. The van der Waals surface area contributed by atoms with Crippen LogP contribution in [-0.2, 0) is 0 Å². The molecule has 1 unspecified atom stereocenters. The summed E-state index contributed by atoms with van der Waals surface area (Å²) in [5, 5.41) is 12.6. The van der Waals surface area contributed by atoms with Crippen molar-refractivity contribution in [1.29, 1.82) is 0 Å². The Balaban J connectivity index is 2.66. The van der Waals surface area contributed by atoms with Gasteiger partial charge in [-0.05, 0) is 44.0 Å². The topological polar surface area (TPSA) is 49.3 Å². The number of aliphatic hydroxyl groups is 1. The minimum absolute atomic E-state index is 0.162. The van der Waals surface area contributed by atoms with E-state index < -0.39 is 11.4 Å². The summed E-state index contributed by atoms with van der Waals surface area (Å²) in [4.78, 5) is 11.8. The van der Waals surface area contributed by atoms with Crippen molar-refractivity contribution in [2.75, 3.05) is 6.54 Å². The van der Waals surface area contributed by atoms with Crippen LogP contribution in [0.1, 0.15) is 42.6 Å². The molecule has 1 amide bonds. The van der Waals surface area contributed by atoms with Crippen molar-refractivity contribution in [3.8, 4) is 0 Å². The van der Waals surface area contributed by atoms with E-state index in [0.717, 1.165) is 6.42 Å². The van der Waals surface area contributed by atoms with E-state index in [1.54, 1.807) is 19.9 Å². The average Bonchev–Trinajstić information content (AvgIpc) is 2.24. The zero-order valence-electron chi connectivity index (χ0n) is 11.1. The van der Waals surface area contributed by atoms with Crippen molar-refractivity contribution in [2.45, 2.75) is 39.2 Å². The Morgan fingerprint density at radius 1 is 1.44 bits per heavy atom. The molecule has 1 atom stereocenters. The molecule has 18 heavy (non-hydrogen) atoms. The van der Waals surface area contributed by atoms with Crippen molar-refractivity contribution in [3.05, 3.63) is 35.1 Å². The first-order valence-electron chi connectivity index (χ1n) is 6.12. The van der Waals surface area contributed by atoms with Crippen molar-refractivity contribution in [2.24, 2.45) is 0 Å². The van der Waals surface area contributed by atoms with Crippen molar-refractivity contribution >= 4 is 5.91 Å². The molecule has 2 N–H and O–H groups in total. The summed E-state index contributed by atoms with van der Waals surface area (Å²) in [5.41, 5.74) is 0.0486. The Morgan fingerprint density at radius 3 is 2.67 bits per heavy atom. The summed E-state index contributed by atoms with van der Waals surface area (Å²) in [5.74, 6) is -0.797. The number of carbonyl (C=O) groups excluding carboxylic acids is 1. The Morgan fingerprint density at radius 2 is 2.11 bits per heavy atom. The fourth-order valence-corrected chi connectivity index (χ4v) is 1.87. The molecule has 0 aromatic heterocycles. The first kappa shape index (κ1) is 14.6. The van der Waals surface area contributed by atoms with Gasteiger partial charge in [-0.1, -0.05) is 13.3 Å². The molecule has 0 heterocycles. The second kappa shape index (κ2) is 5.96. The molecule has 0 aliphatic rings. The van der Waals surface area contributed by atoms with E-state index in [1.807, 2.05) is 6.92 Å². The molecule has 100 valence electrons. The summed E-state index contributed by atoms with van der Waals surface area (Å²) in [6.07, 6.45) is 1.44. The van der Waals surface area contributed by atoms with Crippen molar-refractivity contribution in [3.63, 3.8) is 0 Å². The molecule has 3 nitrogen and oxygen atoms in total. The number of amides is 1. The number of nitrogens with one attached hydrogen (secondary N) is 1. The fraction of sp³-hybridized carbons (Fsp3) is 0.500. The number of carbonyl (C=O) groups is 1. The summed E-state index contributed by atoms with van der Waals surface area (Å²) in [7, 11) is 0. The molecular weight excluding hydrogens is 233 g/mol. The predicted octanol–water partition coefficient (Wildman–Crippen LogP) is 2.42. The van der Waals surface area contributed by atoms with E-state index in [1.165, 1.54) is 12.1 Å². The zero-order chi connectivity index (χ0) is 13.8. The minimum Gasteiger partial charge on any atom is -0.388 e. The normalized spacial score (nSPS) is 14.1. The first-order chi connectivity index (χ1) is 8.34. The van der Waals surface area contributed by atoms with Gasteiger partial charge in [-0.3, -0.25) is 4.79 Å². The first-order valence-corrected chi connectivity index (χ1v) is 6.12. The maximum atomic E-state index is 13.2. The van der Waals surface area contributed by atoms with Crippen LogP contribution in [0.2, 0.25) is 0 Å². The zero-order valence-corrected chi connectivity index (χ0v) is 11.1. The number of aryl methyl sites for hydroxylation is 1. The number of halogens is 1. The van der Waals surface area contributed by atoms with Crippen LogP contribution >= 0.6 is 0 Å². The van der Waals surface area contributed by atoms with Gasteiger partial charge >= 0.3 is 0 Å².